The van der Waals surface area contributed by atoms with Crippen LogP contribution in [0.1, 0.15) is 18.4 Å². The average molecular weight is 387 g/mol. The number of nitrogens with zero attached hydrogens (tertiary/aromatic N) is 1. The summed E-state index contributed by atoms with van der Waals surface area (Å²) < 4.78 is 40.8. The van der Waals surface area contributed by atoms with E-state index in [4.69, 9.17) is 0 Å². The third-order valence-electron chi connectivity index (χ3n) is 3.86. The fourth-order valence-electron chi connectivity index (χ4n) is 2.54. The standard InChI is InChI=1S/C19H18FN3O3S/c20-17-8-2-1-5-14(17)10-11-19(24)22-15-6-3-7-16(13-15)27(25,26)23-18-9-4-12-21-18/h1-3,5-8,10-11,13H,4,9,12H2,(H,21,23)(H,22,24)/b11-10+. The second-order valence-electron chi connectivity index (χ2n) is 5.91. The smallest absolute Gasteiger partial charge is 0.262 e. The molecule has 1 aliphatic heterocycles. The minimum Gasteiger partial charge on any atom is -0.322 e. The van der Waals surface area contributed by atoms with E-state index in [-0.39, 0.29) is 10.5 Å². The molecule has 0 aliphatic carbocycles. The van der Waals surface area contributed by atoms with E-state index < -0.39 is 21.7 Å². The number of aliphatic imine (C=N–C) groups is 1. The first-order valence-corrected chi connectivity index (χ1v) is 9.82. The van der Waals surface area contributed by atoms with Crippen LogP contribution in [0.4, 0.5) is 10.1 Å². The molecular formula is C19H18FN3O3S. The first-order chi connectivity index (χ1) is 12.9. The molecule has 1 amide bonds. The number of benzene rings is 2. The van der Waals surface area contributed by atoms with Crippen molar-refractivity contribution in [3.8, 4) is 0 Å². The molecule has 0 saturated carbocycles. The summed E-state index contributed by atoms with van der Waals surface area (Å²) in [5.41, 5.74) is 0.597. The molecule has 0 fully saturated rings. The molecule has 2 N–H and O–H groups in total. The lowest BCUT2D eigenvalue weighted by atomic mass is 10.2. The lowest BCUT2D eigenvalue weighted by molar-refractivity contribution is -0.111. The van der Waals surface area contributed by atoms with Gasteiger partial charge < -0.3 is 5.32 Å². The number of nitrogens with one attached hydrogen (secondary N) is 2. The highest BCUT2D eigenvalue weighted by atomic mass is 32.2. The van der Waals surface area contributed by atoms with Crippen LogP contribution < -0.4 is 10.0 Å². The summed E-state index contributed by atoms with van der Waals surface area (Å²) in [6, 6.07) is 12.0. The van der Waals surface area contributed by atoms with Crippen LogP contribution in [0.5, 0.6) is 0 Å². The number of anilines is 1. The van der Waals surface area contributed by atoms with Crippen LogP contribution in [0.15, 0.2) is 64.5 Å². The molecule has 0 spiro atoms. The Hall–Kier alpha value is -3.00. The van der Waals surface area contributed by atoms with E-state index in [1.807, 2.05) is 0 Å². The molecular weight excluding hydrogens is 369 g/mol. The highest BCUT2D eigenvalue weighted by molar-refractivity contribution is 7.90. The summed E-state index contributed by atoms with van der Waals surface area (Å²) in [5.74, 6) is -0.492. The van der Waals surface area contributed by atoms with Crippen LogP contribution in [0, 0.1) is 5.82 Å². The number of hydrogen-bond donors (Lipinski definition) is 2. The van der Waals surface area contributed by atoms with Crippen LogP contribution in [-0.4, -0.2) is 26.7 Å². The predicted molar refractivity (Wildman–Crippen MR) is 102 cm³/mol. The Morgan fingerprint density at radius 2 is 1.96 bits per heavy atom. The average Bonchev–Trinajstić information content (AvgIpc) is 3.13. The molecule has 2 aromatic rings. The van der Waals surface area contributed by atoms with E-state index in [0.717, 1.165) is 6.42 Å². The van der Waals surface area contributed by atoms with Crippen molar-refractivity contribution in [3.05, 3.63) is 66.0 Å². The molecule has 27 heavy (non-hydrogen) atoms. The normalized spacial score (nSPS) is 14.2. The van der Waals surface area contributed by atoms with E-state index in [1.165, 1.54) is 36.4 Å². The Labute approximate surface area is 156 Å². The van der Waals surface area contributed by atoms with Gasteiger partial charge in [-0.05, 0) is 36.8 Å². The van der Waals surface area contributed by atoms with Crippen molar-refractivity contribution >= 4 is 33.5 Å². The number of sulfonamides is 1. The number of hydrogen-bond acceptors (Lipinski definition) is 4. The van der Waals surface area contributed by atoms with E-state index in [0.29, 0.717) is 24.5 Å². The molecule has 6 nitrogen and oxygen atoms in total. The number of amides is 1. The van der Waals surface area contributed by atoms with Gasteiger partial charge in [-0.3, -0.25) is 14.5 Å². The van der Waals surface area contributed by atoms with Crippen molar-refractivity contribution in [3.63, 3.8) is 0 Å². The highest BCUT2D eigenvalue weighted by Crippen LogP contribution is 2.17. The van der Waals surface area contributed by atoms with Gasteiger partial charge in [0.2, 0.25) is 5.91 Å². The summed E-state index contributed by atoms with van der Waals surface area (Å²) in [4.78, 5) is 16.1. The van der Waals surface area contributed by atoms with Crippen LogP contribution in [0.25, 0.3) is 6.08 Å². The second kappa shape index (κ2) is 8.13. The predicted octanol–water partition coefficient (Wildman–Crippen LogP) is 2.95. The summed E-state index contributed by atoms with van der Waals surface area (Å²) in [6.45, 7) is 0.613. The van der Waals surface area contributed by atoms with Crippen LogP contribution in [0.3, 0.4) is 0 Å². The zero-order valence-electron chi connectivity index (χ0n) is 14.4. The van der Waals surface area contributed by atoms with Crippen molar-refractivity contribution in [1.29, 1.82) is 0 Å². The van der Waals surface area contributed by atoms with Crippen molar-refractivity contribution in [2.45, 2.75) is 17.7 Å². The fourth-order valence-corrected chi connectivity index (χ4v) is 3.67. The van der Waals surface area contributed by atoms with E-state index in [2.05, 4.69) is 15.0 Å². The Kier molecular flexibility index (Phi) is 5.66. The Morgan fingerprint density at radius 3 is 2.70 bits per heavy atom. The Morgan fingerprint density at radius 1 is 1.15 bits per heavy atom. The lowest BCUT2D eigenvalue weighted by Gasteiger charge is -2.09. The van der Waals surface area contributed by atoms with Gasteiger partial charge in [0.05, 0.1) is 4.90 Å². The minimum absolute atomic E-state index is 0.0213. The van der Waals surface area contributed by atoms with Crippen molar-refractivity contribution in [2.24, 2.45) is 4.99 Å². The van der Waals surface area contributed by atoms with E-state index in [9.17, 15) is 17.6 Å². The fraction of sp³-hybridized carbons (Fsp3) is 0.158. The number of halogens is 1. The van der Waals surface area contributed by atoms with E-state index >= 15 is 0 Å². The summed E-state index contributed by atoms with van der Waals surface area (Å²) >= 11 is 0. The number of carbonyl (C=O) groups is 1. The lowest BCUT2D eigenvalue weighted by Crippen LogP contribution is -2.29. The van der Waals surface area contributed by atoms with Gasteiger partial charge in [-0.25, -0.2) is 12.8 Å². The molecule has 0 bridgehead atoms. The molecule has 1 aliphatic rings. The molecule has 0 atom stereocenters. The maximum Gasteiger partial charge on any atom is 0.262 e. The third kappa shape index (κ3) is 5.01. The number of rotatable bonds is 5. The minimum atomic E-state index is -3.76. The van der Waals surface area contributed by atoms with Gasteiger partial charge in [0, 0.05) is 30.3 Å². The van der Waals surface area contributed by atoms with Gasteiger partial charge in [0.25, 0.3) is 10.0 Å². The van der Waals surface area contributed by atoms with Gasteiger partial charge >= 0.3 is 0 Å². The molecule has 0 aromatic heterocycles. The van der Waals surface area contributed by atoms with Gasteiger partial charge in [-0.2, -0.15) is 0 Å². The first kappa shape index (κ1) is 18.8. The number of carbonyl (C=O) groups excluding carboxylic acids is 1. The summed E-state index contributed by atoms with van der Waals surface area (Å²) in [5, 5.41) is 2.57. The van der Waals surface area contributed by atoms with Gasteiger partial charge in [0.1, 0.15) is 11.7 Å². The van der Waals surface area contributed by atoms with Crippen LogP contribution in [0.2, 0.25) is 0 Å². The van der Waals surface area contributed by atoms with Crippen LogP contribution in [-0.2, 0) is 14.8 Å². The third-order valence-corrected chi connectivity index (χ3v) is 5.24. The largest absolute Gasteiger partial charge is 0.322 e. The summed E-state index contributed by atoms with van der Waals surface area (Å²) in [7, 11) is -3.76. The van der Waals surface area contributed by atoms with Gasteiger partial charge in [0.15, 0.2) is 0 Å². The maximum absolute atomic E-state index is 13.6. The van der Waals surface area contributed by atoms with E-state index in [1.54, 1.807) is 24.3 Å². The Bertz CT molecular complexity index is 1020. The topological polar surface area (TPSA) is 87.6 Å². The first-order valence-electron chi connectivity index (χ1n) is 8.34. The molecule has 1 heterocycles. The van der Waals surface area contributed by atoms with Gasteiger partial charge in [-0.1, -0.05) is 24.3 Å². The molecule has 140 valence electrons. The van der Waals surface area contributed by atoms with Gasteiger partial charge in [-0.15, -0.1) is 0 Å². The quantitative estimate of drug-likeness (QED) is 0.773. The molecule has 3 rings (SSSR count). The maximum atomic E-state index is 13.6. The second-order valence-corrected chi connectivity index (χ2v) is 7.59. The molecule has 2 aromatic carbocycles. The zero-order chi connectivity index (χ0) is 19.3. The highest BCUT2D eigenvalue weighted by Gasteiger charge is 2.18. The SMILES string of the molecule is O=C(/C=C/c1ccccc1F)Nc1cccc(S(=O)(=O)NC2=NCCC2)c1. The van der Waals surface area contributed by atoms with Crippen molar-refractivity contribution in [2.75, 3.05) is 11.9 Å². The molecule has 8 heteroatoms. The van der Waals surface area contributed by atoms with Crippen LogP contribution >= 0.6 is 0 Å². The zero-order valence-corrected chi connectivity index (χ0v) is 15.2. The van der Waals surface area contributed by atoms with Crippen molar-refractivity contribution in [1.82, 2.24) is 4.72 Å². The molecule has 0 unspecified atom stereocenters. The monoisotopic (exact) mass is 387 g/mol. The molecule has 0 radical (unpaired) electrons. The molecule has 0 saturated heterocycles. The number of amidine groups is 1. The van der Waals surface area contributed by atoms with Crippen molar-refractivity contribution < 1.29 is 17.6 Å². The Balaban J connectivity index is 1.70. The summed E-state index contributed by atoms with van der Waals surface area (Å²) in [6.07, 6.45) is 3.95.